The standard InChI is InChI=1S/C17H28N4O2S.2ClH/c1-13(14-3-2-4-18-10-14)9-16(22)20-17-19-15(12-24-17)11-21-5-7-23-8-6-21;;/h12-14,18H,2-11H2,1H3,(H,19,20,22);2*1H. The minimum absolute atomic E-state index is 0. The first-order chi connectivity index (χ1) is 11.7. The zero-order chi connectivity index (χ0) is 16.8. The molecule has 0 bridgehead atoms. The molecule has 0 aliphatic carbocycles. The molecule has 2 unspecified atom stereocenters. The molecule has 150 valence electrons. The summed E-state index contributed by atoms with van der Waals surface area (Å²) in [6.07, 6.45) is 3.02. The number of aromatic nitrogens is 1. The Balaban J connectivity index is 0.00000169. The molecule has 0 saturated carbocycles. The van der Waals surface area contributed by atoms with Crippen LogP contribution in [0.4, 0.5) is 5.13 Å². The van der Waals surface area contributed by atoms with Crippen LogP contribution in [0, 0.1) is 11.8 Å². The fourth-order valence-electron chi connectivity index (χ4n) is 3.42. The van der Waals surface area contributed by atoms with E-state index in [-0.39, 0.29) is 30.7 Å². The summed E-state index contributed by atoms with van der Waals surface area (Å²) in [5.74, 6) is 1.10. The Morgan fingerprint density at radius 3 is 2.92 bits per heavy atom. The van der Waals surface area contributed by atoms with Gasteiger partial charge in [-0.2, -0.15) is 0 Å². The third-order valence-corrected chi connectivity index (χ3v) is 5.74. The number of carbonyl (C=O) groups is 1. The molecule has 2 saturated heterocycles. The van der Waals surface area contributed by atoms with E-state index in [1.165, 1.54) is 24.2 Å². The first kappa shape index (κ1) is 23.6. The molecular formula is C17H30Cl2N4O2S. The van der Waals surface area contributed by atoms with Crippen molar-refractivity contribution in [2.45, 2.75) is 32.7 Å². The molecular weight excluding hydrogens is 395 g/mol. The number of hydrogen-bond acceptors (Lipinski definition) is 6. The average molecular weight is 425 g/mol. The van der Waals surface area contributed by atoms with Crippen LogP contribution in [-0.4, -0.2) is 55.2 Å². The summed E-state index contributed by atoms with van der Waals surface area (Å²) in [6, 6.07) is 0. The predicted octanol–water partition coefficient (Wildman–Crippen LogP) is 2.78. The molecule has 1 aromatic rings. The minimum atomic E-state index is 0. The van der Waals surface area contributed by atoms with E-state index in [4.69, 9.17) is 4.74 Å². The molecule has 0 spiro atoms. The Morgan fingerprint density at radius 1 is 1.46 bits per heavy atom. The number of nitrogens with zero attached hydrogens (tertiary/aromatic N) is 2. The number of thiazole rings is 1. The Hall–Kier alpha value is -0.440. The van der Waals surface area contributed by atoms with Crippen molar-refractivity contribution in [1.82, 2.24) is 15.2 Å². The van der Waals surface area contributed by atoms with Crippen molar-refractivity contribution < 1.29 is 9.53 Å². The number of morpholine rings is 1. The Labute approximate surface area is 172 Å². The summed E-state index contributed by atoms with van der Waals surface area (Å²) in [6.45, 7) is 8.65. The second kappa shape index (κ2) is 12.1. The Bertz CT molecular complexity index is 535. The van der Waals surface area contributed by atoms with Crippen LogP contribution in [0.3, 0.4) is 0 Å². The summed E-state index contributed by atoms with van der Waals surface area (Å²) >= 11 is 1.52. The summed E-state index contributed by atoms with van der Waals surface area (Å²) in [7, 11) is 0. The molecule has 1 amide bonds. The molecule has 2 aliphatic rings. The van der Waals surface area contributed by atoms with Gasteiger partial charge in [-0.1, -0.05) is 6.92 Å². The molecule has 2 fully saturated rings. The van der Waals surface area contributed by atoms with Gasteiger partial charge in [0.05, 0.1) is 18.9 Å². The topological polar surface area (TPSA) is 66.5 Å². The monoisotopic (exact) mass is 424 g/mol. The maximum atomic E-state index is 12.3. The van der Waals surface area contributed by atoms with Gasteiger partial charge >= 0.3 is 0 Å². The highest BCUT2D eigenvalue weighted by Crippen LogP contribution is 2.24. The number of rotatable bonds is 6. The van der Waals surface area contributed by atoms with Crippen molar-refractivity contribution >= 4 is 47.2 Å². The molecule has 3 heterocycles. The molecule has 1 aromatic heterocycles. The van der Waals surface area contributed by atoms with Gasteiger partial charge in [0.15, 0.2) is 5.13 Å². The lowest BCUT2D eigenvalue weighted by atomic mass is 9.85. The highest BCUT2D eigenvalue weighted by molar-refractivity contribution is 7.13. The first-order valence-electron chi connectivity index (χ1n) is 8.96. The predicted molar refractivity (Wildman–Crippen MR) is 111 cm³/mol. The van der Waals surface area contributed by atoms with Gasteiger partial charge in [0.1, 0.15) is 0 Å². The van der Waals surface area contributed by atoms with Crippen LogP contribution in [0.2, 0.25) is 0 Å². The van der Waals surface area contributed by atoms with Gasteiger partial charge in [-0.15, -0.1) is 36.2 Å². The zero-order valence-electron chi connectivity index (χ0n) is 15.2. The third kappa shape index (κ3) is 7.29. The van der Waals surface area contributed by atoms with Gasteiger partial charge in [0.25, 0.3) is 0 Å². The van der Waals surface area contributed by atoms with Gasteiger partial charge < -0.3 is 15.4 Å². The van der Waals surface area contributed by atoms with Crippen LogP contribution >= 0.6 is 36.2 Å². The molecule has 6 nitrogen and oxygen atoms in total. The quantitative estimate of drug-likeness (QED) is 0.734. The van der Waals surface area contributed by atoms with Gasteiger partial charge in [0, 0.05) is 31.4 Å². The lowest BCUT2D eigenvalue weighted by Crippen LogP contribution is -2.35. The van der Waals surface area contributed by atoms with Crippen molar-refractivity contribution in [2.75, 3.05) is 44.7 Å². The SMILES string of the molecule is CC(CC(=O)Nc1nc(CN2CCOCC2)cs1)C1CCCNC1.Cl.Cl. The van der Waals surface area contributed by atoms with Crippen LogP contribution in [-0.2, 0) is 16.1 Å². The lowest BCUT2D eigenvalue weighted by Gasteiger charge is -2.27. The second-order valence-electron chi connectivity index (χ2n) is 6.87. The normalized spacial score (nSPS) is 22.0. The number of ether oxygens (including phenoxy) is 1. The molecule has 0 aromatic carbocycles. The molecule has 3 rings (SSSR count). The van der Waals surface area contributed by atoms with E-state index in [9.17, 15) is 4.79 Å². The maximum absolute atomic E-state index is 12.3. The average Bonchev–Trinajstić information content (AvgIpc) is 3.03. The van der Waals surface area contributed by atoms with Crippen molar-refractivity contribution in [3.05, 3.63) is 11.1 Å². The highest BCUT2D eigenvalue weighted by Gasteiger charge is 2.22. The fraction of sp³-hybridized carbons (Fsp3) is 0.765. The van der Waals surface area contributed by atoms with E-state index in [0.29, 0.717) is 18.3 Å². The minimum Gasteiger partial charge on any atom is -0.379 e. The van der Waals surface area contributed by atoms with E-state index in [1.807, 2.05) is 5.38 Å². The van der Waals surface area contributed by atoms with E-state index in [0.717, 1.165) is 56.8 Å². The highest BCUT2D eigenvalue weighted by atomic mass is 35.5. The van der Waals surface area contributed by atoms with Crippen molar-refractivity contribution in [3.8, 4) is 0 Å². The zero-order valence-corrected chi connectivity index (χ0v) is 17.7. The Morgan fingerprint density at radius 2 is 2.23 bits per heavy atom. The first-order valence-corrected chi connectivity index (χ1v) is 9.84. The number of hydrogen-bond donors (Lipinski definition) is 2. The van der Waals surface area contributed by atoms with Gasteiger partial charge in [-0.3, -0.25) is 9.69 Å². The van der Waals surface area contributed by atoms with Gasteiger partial charge in [-0.25, -0.2) is 4.98 Å². The summed E-state index contributed by atoms with van der Waals surface area (Å²) < 4.78 is 5.36. The number of amides is 1. The second-order valence-corrected chi connectivity index (χ2v) is 7.73. The number of piperidine rings is 1. The van der Waals surface area contributed by atoms with Crippen LogP contribution in [0.15, 0.2) is 5.38 Å². The largest absolute Gasteiger partial charge is 0.379 e. The van der Waals surface area contributed by atoms with Crippen LogP contribution in [0.5, 0.6) is 0 Å². The molecule has 26 heavy (non-hydrogen) atoms. The lowest BCUT2D eigenvalue weighted by molar-refractivity contribution is -0.117. The third-order valence-electron chi connectivity index (χ3n) is 4.93. The van der Waals surface area contributed by atoms with Crippen molar-refractivity contribution in [3.63, 3.8) is 0 Å². The van der Waals surface area contributed by atoms with Crippen LogP contribution < -0.4 is 10.6 Å². The van der Waals surface area contributed by atoms with Crippen LogP contribution in [0.25, 0.3) is 0 Å². The van der Waals surface area contributed by atoms with E-state index >= 15 is 0 Å². The Kier molecular flexibility index (Phi) is 11.0. The fourth-order valence-corrected chi connectivity index (χ4v) is 4.14. The van der Waals surface area contributed by atoms with Gasteiger partial charge in [0.2, 0.25) is 5.91 Å². The van der Waals surface area contributed by atoms with Gasteiger partial charge in [-0.05, 0) is 37.8 Å². The smallest absolute Gasteiger partial charge is 0.226 e. The molecule has 2 aliphatic heterocycles. The van der Waals surface area contributed by atoms with E-state index in [2.05, 4.69) is 27.4 Å². The van der Waals surface area contributed by atoms with Crippen LogP contribution in [0.1, 0.15) is 31.9 Å². The molecule has 2 atom stereocenters. The van der Waals surface area contributed by atoms with E-state index < -0.39 is 0 Å². The molecule has 0 radical (unpaired) electrons. The number of anilines is 1. The maximum Gasteiger partial charge on any atom is 0.226 e. The number of nitrogens with one attached hydrogen (secondary N) is 2. The molecule has 2 N–H and O–H groups in total. The summed E-state index contributed by atoms with van der Waals surface area (Å²) in [5.41, 5.74) is 1.03. The number of carbonyl (C=O) groups excluding carboxylic acids is 1. The number of halogens is 2. The molecule has 9 heteroatoms. The van der Waals surface area contributed by atoms with Crippen molar-refractivity contribution in [2.24, 2.45) is 11.8 Å². The summed E-state index contributed by atoms with van der Waals surface area (Å²) in [4.78, 5) is 19.2. The van der Waals surface area contributed by atoms with E-state index in [1.54, 1.807) is 0 Å². The van der Waals surface area contributed by atoms with Crippen molar-refractivity contribution in [1.29, 1.82) is 0 Å². The summed E-state index contributed by atoms with van der Waals surface area (Å²) in [5, 5.41) is 9.16.